The average Bonchev–Trinajstić information content (AvgIpc) is 2.82. The van der Waals surface area contributed by atoms with Gasteiger partial charge in [-0.2, -0.15) is 0 Å². The summed E-state index contributed by atoms with van der Waals surface area (Å²) in [7, 11) is 0. The molecule has 0 unspecified atom stereocenters. The maximum absolute atomic E-state index is 11.0. The Labute approximate surface area is 115 Å². The topological polar surface area (TPSA) is 66.3 Å². The van der Waals surface area contributed by atoms with E-state index in [1.807, 2.05) is 0 Å². The van der Waals surface area contributed by atoms with Gasteiger partial charge in [-0.05, 0) is 12.8 Å². The molecule has 1 N–H and O–H groups in total. The zero-order valence-corrected chi connectivity index (χ0v) is 11.2. The van der Waals surface area contributed by atoms with Gasteiger partial charge in [-0.15, -0.1) is 10.2 Å². The number of carboxylic acids is 1. The maximum atomic E-state index is 11.0. The van der Waals surface area contributed by atoms with Crippen molar-refractivity contribution in [3.8, 4) is 0 Å². The second-order valence-corrected chi connectivity index (χ2v) is 5.05. The molecule has 1 aliphatic rings. The fourth-order valence-corrected chi connectivity index (χ4v) is 2.66. The van der Waals surface area contributed by atoms with Crippen LogP contribution < -0.4 is 4.90 Å². The van der Waals surface area contributed by atoms with E-state index in [-0.39, 0.29) is 22.9 Å². The lowest BCUT2D eigenvalue weighted by Crippen LogP contribution is -2.38. The molecule has 1 fully saturated rings. The van der Waals surface area contributed by atoms with Crippen LogP contribution in [0.25, 0.3) is 0 Å². The van der Waals surface area contributed by atoms with Crippen molar-refractivity contribution in [2.45, 2.75) is 31.7 Å². The van der Waals surface area contributed by atoms with E-state index < -0.39 is 5.97 Å². The summed E-state index contributed by atoms with van der Waals surface area (Å²) in [6, 6.07) is 1.75. The van der Waals surface area contributed by atoms with Crippen LogP contribution >= 0.6 is 23.2 Å². The fourth-order valence-electron chi connectivity index (χ4n) is 2.32. The Morgan fingerprint density at radius 1 is 1.39 bits per heavy atom. The molecule has 0 bridgehead atoms. The minimum Gasteiger partial charge on any atom is -0.480 e. The molecule has 0 atom stereocenters. The summed E-state index contributed by atoms with van der Waals surface area (Å²) in [6.45, 7) is -0.105. The third kappa shape index (κ3) is 3.03. The number of hydrogen-bond acceptors (Lipinski definition) is 4. The number of carboxylic acid groups (broad SMARTS) is 1. The number of hydrogen-bond donors (Lipinski definition) is 1. The Bertz CT molecular complexity index is 450. The molecule has 5 nitrogen and oxygen atoms in total. The highest BCUT2D eigenvalue weighted by molar-refractivity contribution is 6.33. The monoisotopic (exact) mass is 289 g/mol. The number of halogens is 2. The van der Waals surface area contributed by atoms with Crippen molar-refractivity contribution in [1.29, 1.82) is 0 Å². The summed E-state index contributed by atoms with van der Waals surface area (Å²) < 4.78 is 0. The molecule has 1 saturated carbocycles. The minimum absolute atomic E-state index is 0.105. The number of nitrogens with zero attached hydrogens (tertiary/aromatic N) is 3. The Hall–Kier alpha value is -1.07. The van der Waals surface area contributed by atoms with Crippen LogP contribution in [0.3, 0.4) is 0 Å². The Morgan fingerprint density at radius 2 is 2.06 bits per heavy atom. The lowest BCUT2D eigenvalue weighted by atomic mass is 10.2. The Kier molecular flexibility index (Phi) is 4.24. The number of carbonyl (C=O) groups is 1. The largest absolute Gasteiger partial charge is 0.480 e. The van der Waals surface area contributed by atoms with Crippen molar-refractivity contribution in [1.82, 2.24) is 10.2 Å². The van der Waals surface area contributed by atoms with Crippen LogP contribution in [0.2, 0.25) is 10.3 Å². The van der Waals surface area contributed by atoms with Crippen LogP contribution in [0.1, 0.15) is 25.7 Å². The average molecular weight is 290 g/mol. The van der Waals surface area contributed by atoms with Gasteiger partial charge in [-0.1, -0.05) is 36.0 Å². The van der Waals surface area contributed by atoms with Gasteiger partial charge in [0.15, 0.2) is 10.3 Å². The van der Waals surface area contributed by atoms with Crippen LogP contribution in [-0.4, -0.2) is 33.9 Å². The first-order valence-electron chi connectivity index (χ1n) is 5.75. The summed E-state index contributed by atoms with van der Waals surface area (Å²) in [5.41, 5.74) is 0.547. The highest BCUT2D eigenvalue weighted by Gasteiger charge is 2.26. The third-order valence-corrected chi connectivity index (χ3v) is 3.53. The Balaban J connectivity index is 2.31. The van der Waals surface area contributed by atoms with Crippen molar-refractivity contribution in [2.75, 3.05) is 11.4 Å². The quantitative estimate of drug-likeness (QED) is 0.923. The van der Waals surface area contributed by atoms with E-state index in [4.69, 9.17) is 28.3 Å². The van der Waals surface area contributed by atoms with E-state index in [1.165, 1.54) is 0 Å². The smallest absolute Gasteiger partial charge is 0.323 e. The summed E-state index contributed by atoms with van der Waals surface area (Å²) in [4.78, 5) is 12.7. The second kappa shape index (κ2) is 5.71. The van der Waals surface area contributed by atoms with Gasteiger partial charge in [-0.3, -0.25) is 4.79 Å². The van der Waals surface area contributed by atoms with Gasteiger partial charge in [0, 0.05) is 12.1 Å². The van der Waals surface area contributed by atoms with Crippen LogP contribution in [0.4, 0.5) is 5.69 Å². The first-order valence-corrected chi connectivity index (χ1v) is 6.50. The molecule has 0 radical (unpaired) electrons. The molecule has 1 heterocycles. The first kappa shape index (κ1) is 13.4. The highest BCUT2D eigenvalue weighted by atomic mass is 35.5. The van der Waals surface area contributed by atoms with Crippen molar-refractivity contribution in [3.63, 3.8) is 0 Å². The Morgan fingerprint density at radius 3 is 2.67 bits per heavy atom. The normalized spacial score (nSPS) is 15.9. The molecular weight excluding hydrogens is 277 g/mol. The summed E-state index contributed by atoms with van der Waals surface area (Å²) in [5.74, 6) is -0.897. The molecule has 0 aromatic carbocycles. The molecule has 0 saturated heterocycles. The van der Waals surface area contributed by atoms with Gasteiger partial charge in [0.25, 0.3) is 0 Å². The van der Waals surface area contributed by atoms with E-state index in [0.717, 1.165) is 25.7 Å². The van der Waals surface area contributed by atoms with Gasteiger partial charge < -0.3 is 10.0 Å². The molecule has 0 aliphatic heterocycles. The van der Waals surface area contributed by atoms with Gasteiger partial charge in [0.1, 0.15) is 6.54 Å². The van der Waals surface area contributed by atoms with E-state index in [1.54, 1.807) is 11.0 Å². The molecule has 98 valence electrons. The first-order chi connectivity index (χ1) is 8.58. The highest BCUT2D eigenvalue weighted by Crippen LogP contribution is 2.32. The predicted molar refractivity (Wildman–Crippen MR) is 69.3 cm³/mol. The summed E-state index contributed by atoms with van der Waals surface area (Å²) >= 11 is 11.8. The van der Waals surface area contributed by atoms with E-state index >= 15 is 0 Å². The van der Waals surface area contributed by atoms with Gasteiger partial charge in [0.2, 0.25) is 0 Å². The molecule has 18 heavy (non-hydrogen) atoms. The van der Waals surface area contributed by atoms with E-state index in [2.05, 4.69) is 10.2 Å². The second-order valence-electron chi connectivity index (χ2n) is 4.30. The zero-order valence-electron chi connectivity index (χ0n) is 9.64. The lowest BCUT2D eigenvalue weighted by molar-refractivity contribution is -0.135. The third-order valence-electron chi connectivity index (χ3n) is 3.08. The SMILES string of the molecule is O=C(O)CN(c1cc(Cl)nnc1Cl)C1CCCC1. The van der Waals surface area contributed by atoms with E-state index in [0.29, 0.717) is 5.69 Å². The van der Waals surface area contributed by atoms with Crippen molar-refractivity contribution in [2.24, 2.45) is 0 Å². The molecule has 2 rings (SSSR count). The van der Waals surface area contributed by atoms with Gasteiger partial charge in [0.05, 0.1) is 5.69 Å². The molecule has 0 spiro atoms. The van der Waals surface area contributed by atoms with Gasteiger partial charge in [-0.25, -0.2) is 0 Å². The minimum atomic E-state index is -0.897. The number of rotatable bonds is 4. The van der Waals surface area contributed by atoms with Crippen molar-refractivity contribution < 1.29 is 9.90 Å². The summed E-state index contributed by atoms with van der Waals surface area (Å²) in [5, 5.41) is 16.8. The molecule has 7 heteroatoms. The molecule has 1 aromatic rings. The summed E-state index contributed by atoms with van der Waals surface area (Å²) in [6.07, 6.45) is 4.13. The molecule has 1 aromatic heterocycles. The number of aliphatic carboxylic acids is 1. The number of aromatic nitrogens is 2. The molecule has 1 aliphatic carbocycles. The fraction of sp³-hybridized carbons (Fsp3) is 0.545. The van der Waals surface area contributed by atoms with Crippen LogP contribution in [0, 0.1) is 0 Å². The molecule has 0 amide bonds. The van der Waals surface area contributed by atoms with Crippen LogP contribution in [0.5, 0.6) is 0 Å². The lowest BCUT2D eigenvalue weighted by Gasteiger charge is -2.29. The van der Waals surface area contributed by atoms with Crippen molar-refractivity contribution in [3.05, 3.63) is 16.4 Å². The van der Waals surface area contributed by atoms with Gasteiger partial charge >= 0.3 is 5.97 Å². The maximum Gasteiger partial charge on any atom is 0.323 e. The predicted octanol–water partition coefficient (Wildman–Crippen LogP) is 2.62. The van der Waals surface area contributed by atoms with Crippen molar-refractivity contribution >= 4 is 34.9 Å². The zero-order chi connectivity index (χ0) is 13.1. The van der Waals surface area contributed by atoms with Crippen LogP contribution in [0.15, 0.2) is 6.07 Å². The van der Waals surface area contributed by atoms with Crippen LogP contribution in [-0.2, 0) is 4.79 Å². The van der Waals surface area contributed by atoms with E-state index in [9.17, 15) is 4.79 Å². The standard InChI is InChI=1S/C11H13Cl2N3O2/c12-9-5-8(11(13)15-14-9)16(6-10(17)18)7-3-1-2-4-7/h5,7H,1-4,6H2,(H,17,18). The number of anilines is 1. The molecular formula is C11H13Cl2N3O2.